The maximum atomic E-state index is 12.9. The molecule has 2 heterocycles. The highest BCUT2D eigenvalue weighted by Gasteiger charge is 2.18. The fraction of sp³-hybridized carbons (Fsp3) is 0.0741. The maximum absolute atomic E-state index is 12.9. The minimum atomic E-state index is -0.409. The van der Waals surface area contributed by atoms with E-state index in [9.17, 15) is 9.59 Å². The Hall–Kier alpha value is -3.61. The highest BCUT2D eigenvalue weighted by molar-refractivity contribution is 8.12. The largest absolute Gasteiger partial charge is 0.334 e. The summed E-state index contributed by atoms with van der Waals surface area (Å²) in [4.78, 5) is 29.8. The number of hydrogen-bond donors (Lipinski definition) is 1. The van der Waals surface area contributed by atoms with E-state index in [2.05, 4.69) is 20.3 Å². The van der Waals surface area contributed by atoms with E-state index >= 15 is 0 Å². The van der Waals surface area contributed by atoms with Crippen molar-refractivity contribution in [3.8, 4) is 0 Å². The second-order valence-corrected chi connectivity index (χ2v) is 9.12. The molecule has 34 heavy (non-hydrogen) atoms. The average molecular weight is 486 g/mol. The molecular formula is C27H20ClN3O2S. The first-order chi connectivity index (χ1) is 16.5. The molecule has 5 aromatic rings. The summed E-state index contributed by atoms with van der Waals surface area (Å²) in [7, 11) is 0. The number of nitrogens with zero attached hydrogens (tertiary/aromatic N) is 2. The normalized spacial score (nSPS) is 11.1. The number of hydrogen-bond acceptors (Lipinski definition) is 4. The van der Waals surface area contributed by atoms with Crippen LogP contribution in [0.2, 0.25) is 5.02 Å². The van der Waals surface area contributed by atoms with Gasteiger partial charge in [0.2, 0.25) is 5.12 Å². The van der Waals surface area contributed by atoms with Crippen LogP contribution in [0.4, 0.5) is 0 Å². The van der Waals surface area contributed by atoms with Gasteiger partial charge in [0, 0.05) is 45.4 Å². The van der Waals surface area contributed by atoms with Crippen LogP contribution in [0.25, 0.3) is 21.8 Å². The van der Waals surface area contributed by atoms with E-state index in [4.69, 9.17) is 11.6 Å². The van der Waals surface area contributed by atoms with E-state index < -0.39 is 5.91 Å². The molecule has 0 aliphatic carbocycles. The summed E-state index contributed by atoms with van der Waals surface area (Å²) in [6, 6.07) is 26.5. The lowest BCUT2D eigenvalue weighted by Gasteiger charge is -2.10. The van der Waals surface area contributed by atoms with Gasteiger partial charge in [0.05, 0.1) is 11.2 Å². The number of para-hydroxylation sites is 1. The van der Waals surface area contributed by atoms with Crippen molar-refractivity contribution in [1.82, 2.24) is 14.3 Å². The van der Waals surface area contributed by atoms with Gasteiger partial charge in [-0.1, -0.05) is 72.3 Å². The van der Waals surface area contributed by atoms with Gasteiger partial charge in [0.25, 0.3) is 5.91 Å². The molecular weight excluding hydrogens is 466 g/mol. The van der Waals surface area contributed by atoms with E-state index in [-0.39, 0.29) is 10.8 Å². The molecule has 0 radical (unpaired) electrons. The number of halogens is 1. The summed E-state index contributed by atoms with van der Waals surface area (Å²) in [5, 5.41) is 2.45. The topological polar surface area (TPSA) is 64.0 Å². The molecule has 0 atom stereocenters. The van der Waals surface area contributed by atoms with Crippen molar-refractivity contribution >= 4 is 56.4 Å². The molecule has 1 amide bonds. The minimum Gasteiger partial charge on any atom is -0.334 e. The molecule has 0 bridgehead atoms. The number of pyridine rings is 1. The molecule has 0 saturated carbocycles. The highest BCUT2D eigenvalue weighted by atomic mass is 35.5. The van der Waals surface area contributed by atoms with Gasteiger partial charge in [-0.2, -0.15) is 0 Å². The predicted octanol–water partition coefficient (Wildman–Crippen LogP) is 6.42. The van der Waals surface area contributed by atoms with Crippen molar-refractivity contribution in [2.75, 3.05) is 0 Å². The minimum absolute atomic E-state index is 0.230. The van der Waals surface area contributed by atoms with Crippen LogP contribution in [-0.2, 0) is 6.54 Å². The zero-order valence-corrected chi connectivity index (χ0v) is 19.9. The molecule has 1 N–H and O–H groups in total. The van der Waals surface area contributed by atoms with Gasteiger partial charge in [-0.05, 0) is 36.8 Å². The van der Waals surface area contributed by atoms with Crippen LogP contribution in [-0.4, -0.2) is 20.6 Å². The number of carbonyl (C=O) groups excluding carboxylic acids is 2. The molecule has 0 fully saturated rings. The second-order valence-electron chi connectivity index (χ2n) is 7.91. The molecule has 0 unspecified atom stereocenters. The fourth-order valence-electron chi connectivity index (χ4n) is 4.10. The number of amides is 1. The number of fused-ring (bicyclic) bond motifs is 3. The summed E-state index contributed by atoms with van der Waals surface area (Å²) >= 11 is 6.82. The quantitative estimate of drug-likeness (QED) is 0.298. The lowest BCUT2D eigenvalue weighted by molar-refractivity contribution is 0.0973. The van der Waals surface area contributed by atoms with Crippen molar-refractivity contribution in [3.05, 3.63) is 112 Å². The second kappa shape index (κ2) is 9.33. The van der Waals surface area contributed by atoms with Crippen molar-refractivity contribution in [2.24, 2.45) is 0 Å². The first-order valence-corrected chi connectivity index (χ1v) is 11.9. The number of nitrogens with one attached hydrogen (secondary N) is 1. The molecule has 5 rings (SSSR count). The monoisotopic (exact) mass is 485 g/mol. The zero-order valence-electron chi connectivity index (χ0n) is 18.3. The lowest BCUT2D eigenvalue weighted by Crippen LogP contribution is -2.20. The third-order valence-corrected chi connectivity index (χ3v) is 6.62. The van der Waals surface area contributed by atoms with Crippen molar-refractivity contribution in [3.63, 3.8) is 0 Å². The van der Waals surface area contributed by atoms with Gasteiger partial charge >= 0.3 is 0 Å². The van der Waals surface area contributed by atoms with Crippen LogP contribution in [0, 0.1) is 6.92 Å². The summed E-state index contributed by atoms with van der Waals surface area (Å²) in [5.41, 5.74) is 4.69. The van der Waals surface area contributed by atoms with Crippen LogP contribution < -0.4 is 4.72 Å². The molecule has 5 nitrogen and oxygen atoms in total. The predicted molar refractivity (Wildman–Crippen MR) is 138 cm³/mol. The Balaban J connectivity index is 1.50. The number of carbonyl (C=O) groups is 2. The first-order valence-electron chi connectivity index (χ1n) is 10.7. The number of aryl methyl sites for hydroxylation is 1. The highest BCUT2D eigenvalue weighted by Crippen LogP contribution is 2.32. The van der Waals surface area contributed by atoms with Gasteiger partial charge < -0.3 is 4.57 Å². The third kappa shape index (κ3) is 4.30. The van der Waals surface area contributed by atoms with Gasteiger partial charge in [-0.15, -0.1) is 0 Å². The molecule has 0 aliphatic heterocycles. The van der Waals surface area contributed by atoms with Crippen LogP contribution in [0.15, 0.2) is 84.9 Å². The van der Waals surface area contributed by atoms with Gasteiger partial charge in [-0.3, -0.25) is 14.3 Å². The Bertz CT molecular complexity index is 1530. The van der Waals surface area contributed by atoms with Crippen molar-refractivity contribution in [1.29, 1.82) is 0 Å². The van der Waals surface area contributed by atoms with E-state index in [0.29, 0.717) is 17.1 Å². The summed E-state index contributed by atoms with van der Waals surface area (Å²) in [5.74, 6) is -0.409. The molecule has 0 spiro atoms. The Morgan fingerprint density at radius 1 is 0.941 bits per heavy atom. The first kappa shape index (κ1) is 22.2. The Kier molecular flexibility index (Phi) is 6.09. The van der Waals surface area contributed by atoms with E-state index in [1.807, 2.05) is 55.5 Å². The fourth-order valence-corrected chi connectivity index (χ4v) is 4.77. The van der Waals surface area contributed by atoms with E-state index in [1.54, 1.807) is 30.3 Å². The number of benzene rings is 3. The van der Waals surface area contributed by atoms with E-state index in [1.165, 1.54) is 0 Å². The Morgan fingerprint density at radius 2 is 1.65 bits per heavy atom. The third-order valence-electron chi connectivity index (χ3n) is 5.65. The maximum Gasteiger partial charge on any atom is 0.280 e. The number of aromatic nitrogens is 2. The molecule has 3 aromatic carbocycles. The molecule has 7 heteroatoms. The molecule has 0 aliphatic rings. The van der Waals surface area contributed by atoms with Crippen LogP contribution >= 0.6 is 23.5 Å². The summed E-state index contributed by atoms with van der Waals surface area (Å²) < 4.78 is 4.85. The molecule has 168 valence electrons. The number of rotatable bonds is 4. The van der Waals surface area contributed by atoms with Gasteiger partial charge in [0.15, 0.2) is 0 Å². The van der Waals surface area contributed by atoms with Crippen LogP contribution in [0.5, 0.6) is 0 Å². The van der Waals surface area contributed by atoms with Gasteiger partial charge in [-0.25, -0.2) is 4.98 Å². The Labute approximate surface area is 205 Å². The summed E-state index contributed by atoms with van der Waals surface area (Å²) in [6.45, 7) is 2.55. The van der Waals surface area contributed by atoms with Gasteiger partial charge in [0.1, 0.15) is 5.69 Å². The van der Waals surface area contributed by atoms with Crippen molar-refractivity contribution in [2.45, 2.75) is 13.5 Å². The standard InChI is InChI=1S/C27H20ClN3O2S/c1-17-25-22(15-23(29-17)26(32)30-34-27(33)19-7-3-2-4-8-19)21-9-5-6-10-24(21)31(25)16-18-11-13-20(28)14-12-18/h2-15H,16H2,1H3,(H,30,32). The smallest absolute Gasteiger partial charge is 0.280 e. The zero-order chi connectivity index (χ0) is 23.7. The average Bonchev–Trinajstić information content (AvgIpc) is 3.18. The van der Waals surface area contributed by atoms with Crippen molar-refractivity contribution < 1.29 is 9.59 Å². The summed E-state index contributed by atoms with van der Waals surface area (Å²) in [6.07, 6.45) is 0. The Morgan fingerprint density at radius 3 is 2.41 bits per heavy atom. The lowest BCUT2D eigenvalue weighted by atomic mass is 10.1. The van der Waals surface area contributed by atoms with Crippen LogP contribution in [0.3, 0.4) is 0 Å². The molecule has 0 saturated heterocycles. The SMILES string of the molecule is Cc1nc(C(=O)NSC(=O)c2ccccc2)cc2c3ccccc3n(Cc3ccc(Cl)cc3)c12. The molecule has 2 aromatic heterocycles. The van der Waals surface area contributed by atoms with Crippen LogP contribution in [0.1, 0.15) is 32.1 Å². The van der Waals surface area contributed by atoms with E-state index in [0.717, 1.165) is 45.0 Å².